The fourth-order valence-corrected chi connectivity index (χ4v) is 2.56. The molecule has 26 heavy (non-hydrogen) atoms. The molecule has 0 spiro atoms. The van der Waals surface area contributed by atoms with Crippen molar-refractivity contribution < 1.29 is 14.3 Å². The van der Waals surface area contributed by atoms with Crippen molar-refractivity contribution in [2.24, 2.45) is 0 Å². The number of carbonyl (C=O) groups is 1. The number of carbonyl (C=O) groups excluding carboxylic acids is 1. The quantitative estimate of drug-likeness (QED) is 0.652. The lowest BCUT2D eigenvalue weighted by molar-refractivity contribution is 0.0774. The van der Waals surface area contributed by atoms with Crippen molar-refractivity contribution in [1.82, 2.24) is 19.5 Å². The van der Waals surface area contributed by atoms with Crippen LogP contribution in [-0.2, 0) is 0 Å². The molecule has 0 aliphatic rings. The number of benzene rings is 1. The van der Waals surface area contributed by atoms with Crippen LogP contribution in [0, 0.1) is 6.92 Å². The van der Waals surface area contributed by atoms with E-state index < -0.39 is 0 Å². The van der Waals surface area contributed by atoms with Crippen molar-refractivity contribution in [3.8, 4) is 11.5 Å². The van der Waals surface area contributed by atoms with E-state index in [0.717, 1.165) is 5.56 Å². The molecule has 2 aromatic heterocycles. The van der Waals surface area contributed by atoms with Gasteiger partial charge in [-0.1, -0.05) is 12.1 Å². The summed E-state index contributed by atoms with van der Waals surface area (Å²) in [6.45, 7) is 5.22. The van der Waals surface area contributed by atoms with E-state index in [2.05, 4.69) is 10.1 Å². The maximum atomic E-state index is 12.7. The molecule has 1 aromatic carbocycles. The third kappa shape index (κ3) is 3.77. The topological polar surface area (TPSA) is 69.0 Å². The lowest BCUT2D eigenvalue weighted by atomic mass is 10.3. The number of ether oxygens (including phenoxy) is 2. The Hall–Kier alpha value is -3.09. The SMILES string of the molecule is CCOc1ccccc1OCCN(C)C(=O)c1cnn2cc(C)cnc12. The van der Waals surface area contributed by atoms with E-state index in [0.29, 0.717) is 42.5 Å². The van der Waals surface area contributed by atoms with Crippen molar-refractivity contribution in [1.29, 1.82) is 0 Å². The summed E-state index contributed by atoms with van der Waals surface area (Å²) >= 11 is 0. The van der Waals surface area contributed by atoms with Crippen molar-refractivity contribution in [2.75, 3.05) is 26.8 Å². The first-order valence-electron chi connectivity index (χ1n) is 8.50. The average Bonchev–Trinajstić information content (AvgIpc) is 3.05. The smallest absolute Gasteiger partial charge is 0.259 e. The van der Waals surface area contributed by atoms with Crippen molar-refractivity contribution in [3.05, 3.63) is 54.0 Å². The molecule has 136 valence electrons. The molecule has 0 aliphatic carbocycles. The molecule has 0 saturated carbocycles. The van der Waals surface area contributed by atoms with Gasteiger partial charge in [0.1, 0.15) is 12.2 Å². The lowest BCUT2D eigenvalue weighted by Crippen LogP contribution is -2.31. The lowest BCUT2D eigenvalue weighted by Gasteiger charge is -2.17. The van der Waals surface area contributed by atoms with Gasteiger partial charge in [0.2, 0.25) is 0 Å². The van der Waals surface area contributed by atoms with Gasteiger partial charge in [-0.25, -0.2) is 9.50 Å². The molecule has 7 heteroatoms. The summed E-state index contributed by atoms with van der Waals surface area (Å²) in [4.78, 5) is 18.6. The fourth-order valence-electron chi connectivity index (χ4n) is 2.56. The molecule has 0 saturated heterocycles. The molecule has 0 radical (unpaired) electrons. The van der Waals surface area contributed by atoms with Crippen LogP contribution in [0.3, 0.4) is 0 Å². The summed E-state index contributed by atoms with van der Waals surface area (Å²) in [6, 6.07) is 7.50. The molecule has 0 atom stereocenters. The number of rotatable bonds is 7. The Kier molecular flexibility index (Phi) is 5.36. The van der Waals surface area contributed by atoms with Gasteiger partial charge in [-0.15, -0.1) is 0 Å². The highest BCUT2D eigenvalue weighted by Crippen LogP contribution is 2.26. The fraction of sp³-hybridized carbons (Fsp3) is 0.316. The highest BCUT2D eigenvalue weighted by molar-refractivity contribution is 5.99. The van der Waals surface area contributed by atoms with Gasteiger partial charge in [-0.3, -0.25) is 4.79 Å². The molecule has 0 bridgehead atoms. The first kappa shape index (κ1) is 17.7. The number of likely N-dealkylation sites (N-methyl/N-ethyl adjacent to an activating group) is 1. The second-order valence-electron chi connectivity index (χ2n) is 5.91. The third-order valence-corrected chi connectivity index (χ3v) is 3.90. The zero-order valence-corrected chi connectivity index (χ0v) is 15.2. The van der Waals surface area contributed by atoms with Gasteiger partial charge in [-0.05, 0) is 31.5 Å². The zero-order chi connectivity index (χ0) is 18.5. The van der Waals surface area contributed by atoms with Crippen molar-refractivity contribution >= 4 is 11.6 Å². The Bertz CT molecular complexity index is 907. The number of hydrogen-bond acceptors (Lipinski definition) is 5. The summed E-state index contributed by atoms with van der Waals surface area (Å²) in [5.41, 5.74) is 2.01. The minimum absolute atomic E-state index is 0.141. The maximum absolute atomic E-state index is 12.7. The Morgan fingerprint density at radius 3 is 2.65 bits per heavy atom. The van der Waals surface area contributed by atoms with E-state index in [9.17, 15) is 4.79 Å². The van der Waals surface area contributed by atoms with E-state index in [4.69, 9.17) is 9.47 Å². The summed E-state index contributed by atoms with van der Waals surface area (Å²) in [5.74, 6) is 1.23. The molecule has 2 heterocycles. The van der Waals surface area contributed by atoms with E-state index in [1.807, 2.05) is 44.3 Å². The van der Waals surface area contributed by atoms with Gasteiger partial charge in [-0.2, -0.15) is 5.10 Å². The van der Waals surface area contributed by atoms with E-state index in [1.165, 1.54) is 0 Å². The molecule has 0 fully saturated rings. The van der Waals surface area contributed by atoms with Gasteiger partial charge in [0.25, 0.3) is 5.91 Å². The summed E-state index contributed by atoms with van der Waals surface area (Å²) in [5, 5.41) is 4.20. The molecule has 0 aliphatic heterocycles. The van der Waals surface area contributed by atoms with Gasteiger partial charge in [0, 0.05) is 19.4 Å². The number of nitrogens with zero attached hydrogens (tertiary/aromatic N) is 4. The molecule has 7 nitrogen and oxygen atoms in total. The minimum Gasteiger partial charge on any atom is -0.490 e. The number of fused-ring (bicyclic) bond motifs is 1. The summed E-state index contributed by atoms with van der Waals surface area (Å²) in [6.07, 6.45) is 5.11. The van der Waals surface area contributed by atoms with Crippen LogP contribution < -0.4 is 9.47 Å². The predicted octanol–water partition coefficient (Wildman–Crippen LogP) is 2.59. The average molecular weight is 354 g/mol. The van der Waals surface area contributed by atoms with Gasteiger partial charge in [0.05, 0.1) is 19.3 Å². The highest BCUT2D eigenvalue weighted by atomic mass is 16.5. The largest absolute Gasteiger partial charge is 0.490 e. The van der Waals surface area contributed by atoms with Crippen LogP contribution in [0.1, 0.15) is 22.8 Å². The predicted molar refractivity (Wildman–Crippen MR) is 97.8 cm³/mol. The van der Waals surface area contributed by atoms with Crippen molar-refractivity contribution in [2.45, 2.75) is 13.8 Å². The molecule has 0 unspecified atom stereocenters. The van der Waals surface area contributed by atoms with Gasteiger partial charge >= 0.3 is 0 Å². The molecular weight excluding hydrogens is 332 g/mol. The number of para-hydroxylation sites is 2. The van der Waals surface area contributed by atoms with Gasteiger partial charge in [0.15, 0.2) is 17.1 Å². The standard InChI is InChI=1S/C19H22N4O3/c1-4-25-16-7-5-6-8-17(16)26-10-9-22(3)19(24)15-12-21-23-13-14(2)11-20-18(15)23/h5-8,11-13H,4,9-10H2,1-3H3. The van der Waals surface area contributed by atoms with Crippen LogP contribution in [-0.4, -0.2) is 52.2 Å². The number of aromatic nitrogens is 3. The highest BCUT2D eigenvalue weighted by Gasteiger charge is 2.18. The van der Waals surface area contributed by atoms with Crippen LogP contribution in [0.15, 0.2) is 42.9 Å². The van der Waals surface area contributed by atoms with Crippen LogP contribution in [0.4, 0.5) is 0 Å². The second-order valence-corrected chi connectivity index (χ2v) is 5.91. The van der Waals surface area contributed by atoms with Gasteiger partial charge < -0.3 is 14.4 Å². The van der Waals surface area contributed by atoms with E-state index >= 15 is 0 Å². The number of aryl methyl sites for hydroxylation is 1. The molecule has 3 aromatic rings. The van der Waals surface area contributed by atoms with E-state index in [-0.39, 0.29) is 5.91 Å². The van der Waals surface area contributed by atoms with Crippen LogP contribution in [0.25, 0.3) is 5.65 Å². The Morgan fingerprint density at radius 2 is 1.92 bits per heavy atom. The van der Waals surface area contributed by atoms with E-state index in [1.54, 1.807) is 28.9 Å². The minimum atomic E-state index is -0.141. The molecule has 3 rings (SSSR count). The number of hydrogen-bond donors (Lipinski definition) is 0. The molecule has 0 N–H and O–H groups in total. The van der Waals surface area contributed by atoms with Crippen LogP contribution >= 0.6 is 0 Å². The Balaban J connectivity index is 1.63. The van der Waals surface area contributed by atoms with Crippen LogP contribution in [0.2, 0.25) is 0 Å². The summed E-state index contributed by atoms with van der Waals surface area (Å²) < 4.78 is 12.9. The Morgan fingerprint density at radius 1 is 1.19 bits per heavy atom. The first-order chi connectivity index (χ1) is 12.6. The summed E-state index contributed by atoms with van der Waals surface area (Å²) in [7, 11) is 1.73. The van der Waals surface area contributed by atoms with Crippen LogP contribution in [0.5, 0.6) is 11.5 Å². The second kappa shape index (κ2) is 7.86. The monoisotopic (exact) mass is 354 g/mol. The van der Waals surface area contributed by atoms with Crippen molar-refractivity contribution in [3.63, 3.8) is 0 Å². The third-order valence-electron chi connectivity index (χ3n) is 3.90. The number of amides is 1. The Labute approximate surface area is 152 Å². The molecule has 1 amide bonds. The normalized spacial score (nSPS) is 10.7. The maximum Gasteiger partial charge on any atom is 0.259 e. The first-order valence-corrected chi connectivity index (χ1v) is 8.50. The molecular formula is C19H22N4O3. The zero-order valence-electron chi connectivity index (χ0n) is 15.2.